The summed E-state index contributed by atoms with van der Waals surface area (Å²) < 4.78 is 13.4. The summed E-state index contributed by atoms with van der Waals surface area (Å²) >= 11 is 0. The van der Waals surface area contributed by atoms with Crippen molar-refractivity contribution in [3.63, 3.8) is 0 Å². The second kappa shape index (κ2) is 6.12. The highest BCUT2D eigenvalue weighted by Gasteiger charge is 2.32. The van der Waals surface area contributed by atoms with E-state index in [9.17, 15) is 14.0 Å². The smallest absolute Gasteiger partial charge is 0.258 e. The maximum absolute atomic E-state index is 13.4. The van der Waals surface area contributed by atoms with E-state index in [-0.39, 0.29) is 23.8 Å². The van der Waals surface area contributed by atoms with Crippen molar-refractivity contribution in [2.24, 2.45) is 0 Å². The molecule has 1 aliphatic heterocycles. The predicted molar refractivity (Wildman–Crippen MR) is 91.5 cm³/mol. The largest absolute Gasteiger partial charge is 0.338 e. The molecule has 3 aromatic rings. The molecule has 1 amide bonds. The van der Waals surface area contributed by atoms with Gasteiger partial charge in [0.15, 0.2) is 0 Å². The average Bonchev–Trinajstić information content (AvgIpc) is 2.96. The van der Waals surface area contributed by atoms with E-state index < -0.39 is 5.82 Å². The first kappa shape index (κ1) is 15.5. The zero-order valence-electron chi connectivity index (χ0n) is 13.4. The van der Waals surface area contributed by atoms with E-state index in [0.29, 0.717) is 29.8 Å². The molecule has 1 fully saturated rings. The third kappa shape index (κ3) is 3.03. The molecule has 6 heteroatoms. The molecule has 0 bridgehead atoms. The van der Waals surface area contributed by atoms with Crippen molar-refractivity contribution < 1.29 is 9.18 Å². The Morgan fingerprint density at radius 2 is 1.96 bits per heavy atom. The molecule has 1 aromatic heterocycles. The van der Waals surface area contributed by atoms with Crippen molar-refractivity contribution in [1.82, 2.24) is 14.9 Å². The zero-order valence-corrected chi connectivity index (χ0v) is 13.4. The van der Waals surface area contributed by atoms with E-state index in [1.54, 1.807) is 4.90 Å². The van der Waals surface area contributed by atoms with Crippen molar-refractivity contribution in [2.75, 3.05) is 6.54 Å². The van der Waals surface area contributed by atoms with Crippen molar-refractivity contribution in [1.29, 1.82) is 0 Å². The fourth-order valence-corrected chi connectivity index (χ4v) is 3.24. The molecule has 1 aliphatic rings. The van der Waals surface area contributed by atoms with Gasteiger partial charge in [0.1, 0.15) is 11.6 Å². The minimum atomic E-state index is -0.440. The van der Waals surface area contributed by atoms with E-state index in [2.05, 4.69) is 9.97 Å². The molecule has 1 atom stereocenters. The normalized spacial score (nSPS) is 17.4. The Hall–Kier alpha value is -3.02. The Morgan fingerprint density at radius 1 is 1.16 bits per heavy atom. The summed E-state index contributed by atoms with van der Waals surface area (Å²) in [4.78, 5) is 33.4. The lowest BCUT2D eigenvalue weighted by atomic mass is 10.1. The molecule has 1 saturated heterocycles. The van der Waals surface area contributed by atoms with Crippen LogP contribution >= 0.6 is 0 Å². The summed E-state index contributed by atoms with van der Waals surface area (Å²) in [7, 11) is 0. The summed E-state index contributed by atoms with van der Waals surface area (Å²) in [5.74, 6) is -0.177. The van der Waals surface area contributed by atoms with Crippen LogP contribution in [0.25, 0.3) is 10.9 Å². The summed E-state index contributed by atoms with van der Waals surface area (Å²) in [5.41, 5.74) is 1.06. The number of aromatic nitrogens is 2. The van der Waals surface area contributed by atoms with Crippen LogP contribution in [0.5, 0.6) is 0 Å². The molecule has 2 heterocycles. The van der Waals surface area contributed by atoms with Gasteiger partial charge in [-0.15, -0.1) is 0 Å². The van der Waals surface area contributed by atoms with Gasteiger partial charge in [-0.2, -0.15) is 0 Å². The fourth-order valence-electron chi connectivity index (χ4n) is 3.24. The third-order valence-electron chi connectivity index (χ3n) is 4.50. The Labute approximate surface area is 143 Å². The van der Waals surface area contributed by atoms with Gasteiger partial charge >= 0.3 is 0 Å². The highest BCUT2D eigenvalue weighted by molar-refractivity contribution is 5.80. The summed E-state index contributed by atoms with van der Waals surface area (Å²) in [5, 5.41) is 0.343. The Balaban J connectivity index is 1.61. The van der Waals surface area contributed by atoms with Gasteiger partial charge in [-0.1, -0.05) is 30.3 Å². The van der Waals surface area contributed by atoms with E-state index >= 15 is 0 Å². The van der Waals surface area contributed by atoms with Gasteiger partial charge in [0.25, 0.3) is 5.56 Å². The van der Waals surface area contributed by atoms with Gasteiger partial charge in [0.05, 0.1) is 10.9 Å². The van der Waals surface area contributed by atoms with Crippen LogP contribution in [0, 0.1) is 5.82 Å². The molecule has 0 spiro atoms. The van der Waals surface area contributed by atoms with Crippen molar-refractivity contribution in [3.8, 4) is 0 Å². The zero-order chi connectivity index (χ0) is 17.4. The second-order valence-corrected chi connectivity index (χ2v) is 6.27. The van der Waals surface area contributed by atoms with Gasteiger partial charge in [-0.05, 0) is 17.7 Å². The lowest BCUT2D eigenvalue weighted by molar-refractivity contribution is -0.128. The number of nitrogens with one attached hydrogen (secondary N) is 1. The molecule has 4 rings (SSSR count). The molecule has 126 valence electrons. The minimum absolute atomic E-state index is 0.0239. The van der Waals surface area contributed by atoms with Crippen LogP contribution in [0.4, 0.5) is 4.39 Å². The third-order valence-corrected chi connectivity index (χ3v) is 4.50. The number of nitrogens with zero attached hydrogens (tertiary/aromatic N) is 2. The number of carbonyl (C=O) groups excluding carboxylic acids is 1. The molecule has 0 saturated carbocycles. The molecule has 0 aliphatic carbocycles. The fraction of sp³-hybridized carbons (Fsp3) is 0.211. The number of hydrogen-bond acceptors (Lipinski definition) is 3. The standard InChI is InChI=1S/C19H16FN3O2/c20-14-6-7-15-16(9-14)21-18(22-19(15)25)13-8-17(24)23(11-13)10-12-4-2-1-3-5-12/h1-7,9,13H,8,10-11H2,(H,21,22,25)/t13-/m0/s1. The van der Waals surface area contributed by atoms with Crippen LogP contribution in [0.2, 0.25) is 0 Å². The average molecular weight is 337 g/mol. The molecule has 0 radical (unpaired) electrons. The number of amides is 1. The molecule has 5 nitrogen and oxygen atoms in total. The highest BCUT2D eigenvalue weighted by Crippen LogP contribution is 2.27. The number of carbonyl (C=O) groups is 1. The predicted octanol–water partition coefficient (Wildman–Crippen LogP) is 2.58. The molecule has 25 heavy (non-hydrogen) atoms. The number of H-pyrrole nitrogens is 1. The monoisotopic (exact) mass is 337 g/mol. The SMILES string of the molecule is O=C1C[C@H](c2nc3cc(F)ccc3c(=O)[nH]2)CN1Cc1ccccc1. The summed E-state index contributed by atoms with van der Waals surface area (Å²) in [6, 6.07) is 13.6. The van der Waals surface area contributed by atoms with Crippen LogP contribution in [0.1, 0.15) is 23.7 Å². The van der Waals surface area contributed by atoms with Gasteiger partial charge in [-0.3, -0.25) is 9.59 Å². The molecular weight excluding hydrogens is 321 g/mol. The van der Waals surface area contributed by atoms with E-state index in [0.717, 1.165) is 5.56 Å². The first-order chi connectivity index (χ1) is 12.1. The number of likely N-dealkylation sites (tertiary alicyclic amines) is 1. The van der Waals surface area contributed by atoms with Gasteiger partial charge in [0.2, 0.25) is 5.91 Å². The summed E-state index contributed by atoms with van der Waals surface area (Å²) in [6.45, 7) is 1.01. The number of rotatable bonds is 3. The van der Waals surface area contributed by atoms with E-state index in [4.69, 9.17) is 0 Å². The van der Waals surface area contributed by atoms with Gasteiger partial charge in [-0.25, -0.2) is 9.37 Å². The molecular formula is C19H16FN3O2. The first-order valence-corrected chi connectivity index (χ1v) is 8.11. The van der Waals surface area contributed by atoms with E-state index in [1.807, 2.05) is 30.3 Å². The van der Waals surface area contributed by atoms with Crippen LogP contribution in [0.3, 0.4) is 0 Å². The number of aromatic amines is 1. The molecule has 1 N–H and O–H groups in total. The number of fused-ring (bicyclic) bond motifs is 1. The van der Waals surface area contributed by atoms with Crippen molar-refractivity contribution >= 4 is 16.8 Å². The van der Waals surface area contributed by atoms with Gasteiger partial charge < -0.3 is 9.88 Å². The minimum Gasteiger partial charge on any atom is -0.338 e. The quantitative estimate of drug-likeness (QED) is 0.799. The lowest BCUT2D eigenvalue weighted by Crippen LogP contribution is -2.24. The topological polar surface area (TPSA) is 66.1 Å². The van der Waals surface area contributed by atoms with Crippen LogP contribution in [0.15, 0.2) is 53.3 Å². The lowest BCUT2D eigenvalue weighted by Gasteiger charge is -2.16. The second-order valence-electron chi connectivity index (χ2n) is 6.27. The number of halogens is 1. The summed E-state index contributed by atoms with van der Waals surface area (Å²) in [6.07, 6.45) is 0.288. The van der Waals surface area contributed by atoms with Crippen LogP contribution < -0.4 is 5.56 Å². The van der Waals surface area contributed by atoms with Crippen molar-refractivity contribution in [2.45, 2.75) is 18.9 Å². The highest BCUT2D eigenvalue weighted by atomic mass is 19.1. The number of benzene rings is 2. The van der Waals surface area contributed by atoms with Crippen molar-refractivity contribution in [3.05, 3.63) is 76.1 Å². The van der Waals surface area contributed by atoms with E-state index in [1.165, 1.54) is 18.2 Å². The first-order valence-electron chi connectivity index (χ1n) is 8.11. The van der Waals surface area contributed by atoms with Gasteiger partial charge in [0, 0.05) is 31.5 Å². The Kier molecular flexibility index (Phi) is 3.80. The van der Waals surface area contributed by atoms with Crippen LogP contribution in [-0.4, -0.2) is 27.3 Å². The maximum Gasteiger partial charge on any atom is 0.258 e. The molecule has 0 unspecified atom stereocenters. The number of hydrogen-bond donors (Lipinski definition) is 1. The Morgan fingerprint density at radius 3 is 2.76 bits per heavy atom. The van der Waals surface area contributed by atoms with Crippen LogP contribution in [-0.2, 0) is 11.3 Å². The molecule has 2 aromatic carbocycles. The maximum atomic E-state index is 13.4. The Bertz CT molecular complexity index is 1000.